The van der Waals surface area contributed by atoms with Gasteiger partial charge in [-0.05, 0) is 24.1 Å². The fourth-order valence-electron chi connectivity index (χ4n) is 2.26. The SMILES string of the molecule is COC(=O)c1ccccc1N/C=C(/C#N)C(=O)NCCc1ccccc1. The van der Waals surface area contributed by atoms with E-state index in [1.807, 2.05) is 36.4 Å². The lowest BCUT2D eigenvalue weighted by molar-refractivity contribution is -0.117. The Morgan fingerprint density at radius 3 is 2.50 bits per heavy atom. The molecule has 0 aromatic heterocycles. The summed E-state index contributed by atoms with van der Waals surface area (Å²) in [6.45, 7) is 0.417. The number of nitrogens with zero attached hydrogens (tertiary/aromatic N) is 1. The number of nitriles is 1. The van der Waals surface area contributed by atoms with Gasteiger partial charge in [-0.3, -0.25) is 4.79 Å². The summed E-state index contributed by atoms with van der Waals surface area (Å²) in [4.78, 5) is 23.9. The summed E-state index contributed by atoms with van der Waals surface area (Å²) in [6.07, 6.45) is 1.95. The molecule has 0 unspecified atom stereocenters. The highest BCUT2D eigenvalue weighted by Gasteiger charge is 2.12. The van der Waals surface area contributed by atoms with E-state index in [1.165, 1.54) is 13.3 Å². The van der Waals surface area contributed by atoms with E-state index in [0.29, 0.717) is 24.2 Å². The number of nitrogens with one attached hydrogen (secondary N) is 2. The maximum Gasteiger partial charge on any atom is 0.339 e. The number of amides is 1. The van der Waals surface area contributed by atoms with Crippen LogP contribution in [0.1, 0.15) is 15.9 Å². The molecule has 0 saturated carbocycles. The van der Waals surface area contributed by atoms with E-state index in [1.54, 1.807) is 24.3 Å². The Bertz CT molecular complexity index is 839. The fourth-order valence-corrected chi connectivity index (χ4v) is 2.26. The number of anilines is 1. The second kappa shape index (κ2) is 9.64. The molecule has 132 valence electrons. The molecule has 2 aromatic carbocycles. The average molecular weight is 349 g/mol. The Balaban J connectivity index is 1.98. The van der Waals surface area contributed by atoms with Gasteiger partial charge in [0.15, 0.2) is 0 Å². The Labute approximate surface area is 152 Å². The lowest BCUT2D eigenvalue weighted by Gasteiger charge is -2.08. The van der Waals surface area contributed by atoms with Gasteiger partial charge in [0.05, 0.1) is 18.4 Å². The molecule has 6 nitrogen and oxygen atoms in total. The third-order valence-corrected chi connectivity index (χ3v) is 3.61. The molecule has 2 rings (SSSR count). The summed E-state index contributed by atoms with van der Waals surface area (Å²) in [7, 11) is 1.29. The zero-order chi connectivity index (χ0) is 18.8. The summed E-state index contributed by atoms with van der Waals surface area (Å²) >= 11 is 0. The van der Waals surface area contributed by atoms with Gasteiger partial charge < -0.3 is 15.4 Å². The van der Waals surface area contributed by atoms with Gasteiger partial charge in [0.2, 0.25) is 0 Å². The minimum Gasteiger partial charge on any atom is -0.465 e. The van der Waals surface area contributed by atoms with Crippen LogP contribution in [0, 0.1) is 11.3 Å². The third-order valence-electron chi connectivity index (χ3n) is 3.61. The number of para-hydroxylation sites is 1. The van der Waals surface area contributed by atoms with E-state index >= 15 is 0 Å². The average Bonchev–Trinajstić information content (AvgIpc) is 2.69. The predicted octanol–water partition coefficient (Wildman–Crippen LogP) is 2.65. The highest BCUT2D eigenvalue weighted by Crippen LogP contribution is 2.16. The van der Waals surface area contributed by atoms with Crippen molar-refractivity contribution in [3.63, 3.8) is 0 Å². The molecule has 0 spiro atoms. The number of hydrogen-bond acceptors (Lipinski definition) is 5. The summed E-state index contributed by atoms with van der Waals surface area (Å²) in [5.41, 5.74) is 1.77. The molecule has 0 aliphatic rings. The number of methoxy groups -OCH3 is 1. The minimum absolute atomic E-state index is 0.0854. The molecule has 0 aliphatic carbocycles. The molecule has 2 N–H and O–H groups in total. The van der Waals surface area contributed by atoms with Crippen LogP contribution in [0.25, 0.3) is 0 Å². The molecule has 0 fully saturated rings. The van der Waals surface area contributed by atoms with Crippen LogP contribution in [0.3, 0.4) is 0 Å². The Hall–Kier alpha value is -3.59. The van der Waals surface area contributed by atoms with Crippen molar-refractivity contribution in [2.45, 2.75) is 6.42 Å². The van der Waals surface area contributed by atoms with E-state index in [9.17, 15) is 14.9 Å². The fraction of sp³-hybridized carbons (Fsp3) is 0.150. The normalized spacial score (nSPS) is 10.5. The Morgan fingerprint density at radius 1 is 1.12 bits per heavy atom. The van der Waals surface area contributed by atoms with Crippen molar-refractivity contribution in [3.05, 3.63) is 77.5 Å². The smallest absolute Gasteiger partial charge is 0.339 e. The maximum atomic E-state index is 12.1. The number of ether oxygens (including phenoxy) is 1. The van der Waals surface area contributed by atoms with Gasteiger partial charge in [-0.15, -0.1) is 0 Å². The topological polar surface area (TPSA) is 91.2 Å². The van der Waals surface area contributed by atoms with Gasteiger partial charge in [0.1, 0.15) is 11.6 Å². The van der Waals surface area contributed by atoms with Gasteiger partial charge in [0.25, 0.3) is 5.91 Å². The lowest BCUT2D eigenvalue weighted by Crippen LogP contribution is -2.27. The molecule has 0 aliphatic heterocycles. The molecule has 0 radical (unpaired) electrons. The molecule has 1 amide bonds. The minimum atomic E-state index is -0.507. The van der Waals surface area contributed by atoms with Gasteiger partial charge in [-0.25, -0.2) is 4.79 Å². The Kier molecular flexibility index (Phi) is 6.95. The van der Waals surface area contributed by atoms with E-state index < -0.39 is 11.9 Å². The van der Waals surface area contributed by atoms with Crippen LogP contribution in [-0.4, -0.2) is 25.5 Å². The van der Waals surface area contributed by atoms with Crippen LogP contribution in [-0.2, 0) is 16.0 Å². The molecule has 0 saturated heterocycles. The molecular weight excluding hydrogens is 330 g/mol. The van der Waals surface area contributed by atoms with Gasteiger partial charge in [-0.2, -0.15) is 5.26 Å². The molecular formula is C20H19N3O3. The van der Waals surface area contributed by atoms with Crippen LogP contribution < -0.4 is 10.6 Å². The van der Waals surface area contributed by atoms with Crippen LogP contribution in [0.4, 0.5) is 5.69 Å². The monoisotopic (exact) mass is 349 g/mol. The second-order valence-electron chi connectivity index (χ2n) is 5.34. The predicted molar refractivity (Wildman–Crippen MR) is 98.3 cm³/mol. The first kappa shape index (κ1) is 18.7. The molecule has 2 aromatic rings. The first-order chi connectivity index (χ1) is 12.7. The number of carbonyl (C=O) groups excluding carboxylic acids is 2. The maximum absolute atomic E-state index is 12.1. The van der Waals surface area contributed by atoms with Crippen LogP contribution >= 0.6 is 0 Å². The van der Waals surface area contributed by atoms with E-state index in [-0.39, 0.29) is 5.57 Å². The molecule has 0 bridgehead atoms. The number of carbonyl (C=O) groups is 2. The second-order valence-corrected chi connectivity index (χ2v) is 5.34. The third kappa shape index (κ3) is 5.21. The quantitative estimate of drug-likeness (QED) is 0.455. The number of benzene rings is 2. The van der Waals surface area contributed by atoms with Crippen molar-refractivity contribution in [1.29, 1.82) is 5.26 Å². The number of esters is 1. The standard InChI is InChI=1S/C20H19N3O3/c1-26-20(25)17-9-5-6-10-18(17)23-14-16(13-21)19(24)22-12-11-15-7-3-2-4-8-15/h2-10,14,23H,11-12H2,1H3,(H,22,24)/b16-14-. The van der Waals surface area contributed by atoms with Crippen molar-refractivity contribution >= 4 is 17.6 Å². The summed E-state index contributed by atoms with van der Waals surface area (Å²) in [6, 6.07) is 18.3. The number of rotatable bonds is 7. The van der Waals surface area contributed by atoms with Gasteiger partial charge in [-0.1, -0.05) is 42.5 Å². The summed E-state index contributed by atoms with van der Waals surface area (Å²) in [5, 5.41) is 14.7. The summed E-state index contributed by atoms with van der Waals surface area (Å²) in [5.74, 6) is -0.987. The molecule has 0 heterocycles. The van der Waals surface area contributed by atoms with Crippen molar-refractivity contribution in [3.8, 4) is 6.07 Å². The van der Waals surface area contributed by atoms with Crippen LogP contribution in [0.15, 0.2) is 66.4 Å². The lowest BCUT2D eigenvalue weighted by atomic mass is 10.1. The van der Waals surface area contributed by atoms with Crippen LogP contribution in [0.2, 0.25) is 0 Å². The highest BCUT2D eigenvalue weighted by molar-refractivity contribution is 5.98. The molecule has 6 heteroatoms. The Morgan fingerprint density at radius 2 is 1.81 bits per heavy atom. The first-order valence-electron chi connectivity index (χ1n) is 8.02. The van der Waals surface area contributed by atoms with E-state index in [2.05, 4.69) is 10.6 Å². The van der Waals surface area contributed by atoms with Gasteiger partial charge in [0, 0.05) is 12.7 Å². The molecule has 26 heavy (non-hydrogen) atoms. The molecule has 0 atom stereocenters. The van der Waals surface area contributed by atoms with Crippen molar-refractivity contribution < 1.29 is 14.3 Å². The zero-order valence-electron chi connectivity index (χ0n) is 14.4. The van der Waals surface area contributed by atoms with E-state index in [0.717, 1.165) is 5.56 Å². The van der Waals surface area contributed by atoms with Crippen molar-refractivity contribution in [2.24, 2.45) is 0 Å². The zero-order valence-corrected chi connectivity index (χ0v) is 14.4. The van der Waals surface area contributed by atoms with Crippen molar-refractivity contribution in [1.82, 2.24) is 5.32 Å². The first-order valence-corrected chi connectivity index (χ1v) is 8.02. The van der Waals surface area contributed by atoms with Crippen LogP contribution in [0.5, 0.6) is 0 Å². The van der Waals surface area contributed by atoms with Gasteiger partial charge >= 0.3 is 5.97 Å². The van der Waals surface area contributed by atoms with Crippen molar-refractivity contribution in [2.75, 3.05) is 19.0 Å². The highest BCUT2D eigenvalue weighted by atomic mass is 16.5. The number of hydrogen-bond donors (Lipinski definition) is 2. The summed E-state index contributed by atoms with van der Waals surface area (Å²) < 4.78 is 4.71. The van der Waals surface area contributed by atoms with E-state index in [4.69, 9.17) is 4.74 Å². The largest absolute Gasteiger partial charge is 0.465 e.